The monoisotopic (exact) mass is 607 g/mol. The molecule has 0 fully saturated rings. The summed E-state index contributed by atoms with van der Waals surface area (Å²) >= 11 is 0. The Kier molecular flexibility index (Phi) is 6.33. The van der Waals surface area contributed by atoms with Crippen molar-refractivity contribution in [1.29, 1.82) is 0 Å². The van der Waals surface area contributed by atoms with Crippen molar-refractivity contribution in [2.75, 3.05) is 0 Å². The molecule has 46 heavy (non-hydrogen) atoms. The normalized spacial score (nSPS) is 17.6. The molecule has 0 saturated carbocycles. The molecule has 0 saturated heterocycles. The first-order chi connectivity index (χ1) is 22.0. The van der Waals surface area contributed by atoms with Gasteiger partial charge in [0.15, 0.2) is 0 Å². The smallest absolute Gasteiger partial charge is 0.220 e. The Balaban J connectivity index is 1.19. The second-order valence-corrected chi connectivity index (χ2v) is 14.4. The highest BCUT2D eigenvalue weighted by Crippen LogP contribution is 2.41. The van der Waals surface area contributed by atoms with E-state index in [1.54, 1.807) is 12.4 Å². The van der Waals surface area contributed by atoms with Gasteiger partial charge in [0.2, 0.25) is 11.8 Å². The summed E-state index contributed by atoms with van der Waals surface area (Å²) in [4.78, 5) is 19.3. The molecule has 5 heterocycles. The van der Waals surface area contributed by atoms with Gasteiger partial charge in [0.1, 0.15) is 23.7 Å². The summed E-state index contributed by atoms with van der Waals surface area (Å²) in [6, 6.07) is 25.2. The zero-order valence-corrected chi connectivity index (χ0v) is 27.1. The Morgan fingerprint density at radius 3 is 2.39 bits per heavy atom. The fraction of sp³-hybridized carbons (Fsp3) is 0.282. The molecule has 0 bridgehead atoms. The lowest BCUT2D eigenvalue weighted by atomic mass is 9.86. The average molecular weight is 608 g/mol. The summed E-state index contributed by atoms with van der Waals surface area (Å²) in [5, 5.41) is 1.08. The molecule has 1 aliphatic heterocycles. The summed E-state index contributed by atoms with van der Waals surface area (Å²) in [5.74, 6) is 2.51. The van der Waals surface area contributed by atoms with Crippen molar-refractivity contribution in [3.63, 3.8) is 0 Å². The molecule has 6 aromatic rings. The molecular weight excluding hydrogens is 570 g/mol. The molecule has 2 aromatic carbocycles. The molecule has 7 heteroatoms. The van der Waals surface area contributed by atoms with Crippen LogP contribution in [-0.4, -0.2) is 31.5 Å². The lowest BCUT2D eigenvalue weighted by molar-refractivity contribution is 0.206. The fourth-order valence-corrected chi connectivity index (χ4v) is 6.60. The first-order valence-electron chi connectivity index (χ1n) is 15.9. The lowest BCUT2D eigenvalue weighted by Gasteiger charge is -2.20. The molecule has 2 aliphatic rings. The summed E-state index contributed by atoms with van der Waals surface area (Å²) < 4.78 is 14.9. The third-order valence-electron chi connectivity index (χ3n) is 9.15. The van der Waals surface area contributed by atoms with Crippen LogP contribution < -0.4 is 4.74 Å². The van der Waals surface area contributed by atoms with Crippen LogP contribution in [0.5, 0.6) is 11.6 Å². The van der Waals surface area contributed by atoms with E-state index < -0.39 is 0 Å². The van der Waals surface area contributed by atoms with Gasteiger partial charge < -0.3 is 9.47 Å². The van der Waals surface area contributed by atoms with Crippen LogP contribution in [0, 0.1) is 0 Å². The summed E-state index contributed by atoms with van der Waals surface area (Å²) in [6.45, 7) is 13.3. The van der Waals surface area contributed by atoms with Crippen LogP contribution in [0.4, 0.5) is 0 Å². The van der Waals surface area contributed by atoms with Crippen molar-refractivity contribution in [3.05, 3.63) is 119 Å². The Labute approximate surface area is 269 Å². The molecule has 8 rings (SSSR count). The minimum atomic E-state index is -0.0194. The highest BCUT2D eigenvalue weighted by atomic mass is 16.5. The summed E-state index contributed by atoms with van der Waals surface area (Å²) in [5.41, 5.74) is 8.73. The standard InChI is InChI=1S/C39H37N5O2/c1-38(2,3)25-11-12-30-29(19-25)35-31(44(30)33-20-26(14-16-40-33)39(4,5)6)21-27(22-42-35)45-34-18-24(13-15-41-34)37-43-36-28-10-8-7-9-23(28)17-32(36)46-37/h7-16,18-22,32,36H,17H2,1-6H3/t32-,36+/m0/s1. The third kappa shape index (κ3) is 4.82. The van der Waals surface area contributed by atoms with E-state index in [2.05, 4.69) is 106 Å². The van der Waals surface area contributed by atoms with Gasteiger partial charge in [0.25, 0.3) is 0 Å². The molecule has 230 valence electrons. The fourth-order valence-electron chi connectivity index (χ4n) is 6.60. The summed E-state index contributed by atoms with van der Waals surface area (Å²) in [7, 11) is 0. The van der Waals surface area contributed by atoms with E-state index >= 15 is 0 Å². The summed E-state index contributed by atoms with van der Waals surface area (Å²) in [6.07, 6.45) is 6.29. The molecule has 0 N–H and O–H groups in total. The zero-order chi connectivity index (χ0) is 31.8. The number of benzene rings is 2. The topological polar surface area (TPSA) is 74.4 Å². The molecule has 0 spiro atoms. The van der Waals surface area contributed by atoms with Gasteiger partial charge >= 0.3 is 0 Å². The van der Waals surface area contributed by atoms with Crippen LogP contribution in [-0.2, 0) is 22.0 Å². The molecule has 0 amide bonds. The number of rotatable bonds is 4. The van der Waals surface area contributed by atoms with E-state index in [4.69, 9.17) is 24.4 Å². The average Bonchev–Trinajstić information content (AvgIpc) is 3.69. The molecule has 2 atom stereocenters. The highest BCUT2D eigenvalue weighted by Gasteiger charge is 2.39. The second kappa shape index (κ2) is 10.2. The number of aromatic nitrogens is 4. The SMILES string of the molecule is CC(C)(C)c1ccnc(-n2c3ccc(C(C)(C)C)cc3c3ncc(Oc4cc(C5=N[C@@H]6c7ccccc7C[C@@H]6O5)ccn4)cc32)c1. The Morgan fingerprint density at radius 1 is 0.783 bits per heavy atom. The van der Waals surface area contributed by atoms with Crippen molar-refractivity contribution in [2.45, 2.75) is 70.9 Å². The lowest BCUT2D eigenvalue weighted by Crippen LogP contribution is -2.13. The Hall–Kier alpha value is -5.04. The van der Waals surface area contributed by atoms with Crippen LogP contribution in [0.2, 0.25) is 0 Å². The quantitative estimate of drug-likeness (QED) is 0.200. The van der Waals surface area contributed by atoms with E-state index in [1.165, 1.54) is 22.3 Å². The third-order valence-corrected chi connectivity index (χ3v) is 9.15. The first kappa shape index (κ1) is 28.4. The van der Waals surface area contributed by atoms with Crippen LogP contribution in [0.1, 0.15) is 75.4 Å². The van der Waals surface area contributed by atoms with E-state index in [9.17, 15) is 0 Å². The molecule has 0 unspecified atom stereocenters. The van der Waals surface area contributed by atoms with Crippen LogP contribution >= 0.6 is 0 Å². The maximum absolute atomic E-state index is 6.36. The number of hydrogen-bond acceptors (Lipinski definition) is 6. The maximum Gasteiger partial charge on any atom is 0.220 e. The number of ether oxygens (including phenoxy) is 2. The second-order valence-electron chi connectivity index (χ2n) is 14.4. The molecule has 0 radical (unpaired) electrons. The minimum absolute atomic E-state index is 0.00210. The van der Waals surface area contributed by atoms with E-state index in [1.807, 2.05) is 24.4 Å². The van der Waals surface area contributed by atoms with Crippen LogP contribution in [0.15, 0.2) is 96.4 Å². The van der Waals surface area contributed by atoms with E-state index in [-0.39, 0.29) is 23.0 Å². The van der Waals surface area contributed by atoms with Crippen molar-refractivity contribution < 1.29 is 9.47 Å². The number of nitrogens with zero attached hydrogens (tertiary/aromatic N) is 5. The molecular formula is C39H37N5O2. The van der Waals surface area contributed by atoms with Gasteiger partial charge in [-0.2, -0.15) is 0 Å². The van der Waals surface area contributed by atoms with E-state index in [0.29, 0.717) is 17.5 Å². The predicted octanol–water partition coefficient (Wildman–Crippen LogP) is 8.80. The van der Waals surface area contributed by atoms with Gasteiger partial charge in [0.05, 0.1) is 22.7 Å². The number of hydrogen-bond donors (Lipinski definition) is 0. The van der Waals surface area contributed by atoms with Gasteiger partial charge in [-0.3, -0.25) is 9.55 Å². The highest BCUT2D eigenvalue weighted by molar-refractivity contribution is 6.07. The molecule has 4 aromatic heterocycles. The van der Waals surface area contributed by atoms with Crippen molar-refractivity contribution in [1.82, 2.24) is 19.5 Å². The Bertz CT molecular complexity index is 2180. The van der Waals surface area contributed by atoms with Gasteiger partial charge in [-0.25, -0.2) is 15.0 Å². The largest absolute Gasteiger partial charge is 0.471 e. The zero-order valence-electron chi connectivity index (χ0n) is 27.1. The Morgan fingerprint density at radius 2 is 1.57 bits per heavy atom. The van der Waals surface area contributed by atoms with Crippen molar-refractivity contribution >= 4 is 27.8 Å². The van der Waals surface area contributed by atoms with Gasteiger partial charge in [-0.1, -0.05) is 71.9 Å². The van der Waals surface area contributed by atoms with Crippen LogP contribution in [0.25, 0.3) is 27.8 Å². The number of aliphatic imine (C=N–C) groups is 1. The minimum Gasteiger partial charge on any atom is -0.471 e. The number of fused-ring (bicyclic) bond motifs is 6. The first-order valence-corrected chi connectivity index (χ1v) is 15.9. The van der Waals surface area contributed by atoms with Gasteiger partial charge in [0, 0.05) is 41.9 Å². The number of pyridine rings is 3. The molecule has 1 aliphatic carbocycles. The molecule has 7 nitrogen and oxygen atoms in total. The van der Waals surface area contributed by atoms with Crippen molar-refractivity contribution in [3.8, 4) is 17.4 Å². The predicted molar refractivity (Wildman–Crippen MR) is 182 cm³/mol. The van der Waals surface area contributed by atoms with Crippen molar-refractivity contribution in [2.24, 2.45) is 4.99 Å². The van der Waals surface area contributed by atoms with Gasteiger partial charge in [-0.05, 0) is 63.4 Å². The van der Waals surface area contributed by atoms with Crippen LogP contribution in [0.3, 0.4) is 0 Å². The van der Waals surface area contributed by atoms with Gasteiger partial charge in [-0.15, -0.1) is 0 Å². The van der Waals surface area contributed by atoms with E-state index in [0.717, 1.165) is 39.7 Å². The maximum atomic E-state index is 6.36.